The van der Waals surface area contributed by atoms with Gasteiger partial charge >= 0.3 is 0 Å². The Morgan fingerprint density at radius 1 is 1.30 bits per heavy atom. The summed E-state index contributed by atoms with van der Waals surface area (Å²) in [6, 6.07) is 8.19. The van der Waals surface area contributed by atoms with Gasteiger partial charge in [-0.3, -0.25) is 4.79 Å². The molecule has 0 saturated carbocycles. The number of benzene rings is 1. The van der Waals surface area contributed by atoms with Gasteiger partial charge in [-0.2, -0.15) is 0 Å². The lowest BCUT2D eigenvalue weighted by atomic mass is 9.92. The van der Waals surface area contributed by atoms with Crippen LogP contribution < -0.4 is 0 Å². The monoisotopic (exact) mass is 317 g/mol. The fourth-order valence-electron chi connectivity index (χ4n) is 3.68. The summed E-state index contributed by atoms with van der Waals surface area (Å²) in [7, 11) is 0. The van der Waals surface area contributed by atoms with Crippen molar-refractivity contribution in [3.63, 3.8) is 0 Å². The van der Waals surface area contributed by atoms with Crippen LogP contribution in [0.5, 0.6) is 0 Å². The Balaban J connectivity index is 1.52. The van der Waals surface area contributed by atoms with Crippen LogP contribution in [0.1, 0.15) is 37.8 Å². The van der Waals surface area contributed by atoms with Gasteiger partial charge in [0.1, 0.15) is 0 Å². The molecule has 2 aliphatic rings. The normalized spacial score (nSPS) is 27.0. The van der Waals surface area contributed by atoms with Crippen molar-refractivity contribution in [2.24, 2.45) is 5.92 Å². The third-order valence-corrected chi connectivity index (χ3v) is 4.91. The maximum absolute atomic E-state index is 12.6. The van der Waals surface area contributed by atoms with Gasteiger partial charge in [-0.15, -0.1) is 0 Å². The Kier molecular flexibility index (Phi) is 5.34. The van der Waals surface area contributed by atoms with Crippen LogP contribution in [0.2, 0.25) is 0 Å². The third kappa shape index (κ3) is 4.12. The highest BCUT2D eigenvalue weighted by atomic mass is 16.5. The van der Waals surface area contributed by atoms with E-state index in [1.54, 1.807) is 0 Å². The van der Waals surface area contributed by atoms with E-state index in [1.165, 1.54) is 0 Å². The summed E-state index contributed by atoms with van der Waals surface area (Å²) >= 11 is 0. The summed E-state index contributed by atoms with van der Waals surface area (Å²) in [5.74, 6) is 0.761. The van der Waals surface area contributed by atoms with Crippen LogP contribution in [0, 0.1) is 5.92 Å². The lowest BCUT2D eigenvalue weighted by Gasteiger charge is -2.34. The summed E-state index contributed by atoms with van der Waals surface area (Å²) in [6.07, 6.45) is 3.27. The average molecular weight is 317 g/mol. The Morgan fingerprint density at radius 3 is 2.78 bits per heavy atom. The first-order valence-corrected chi connectivity index (χ1v) is 8.74. The molecule has 3 rings (SSSR count). The number of likely N-dealkylation sites (tertiary alicyclic amines) is 1. The second kappa shape index (κ2) is 7.45. The zero-order valence-corrected chi connectivity index (χ0v) is 14.2. The van der Waals surface area contributed by atoms with Crippen LogP contribution in [0.15, 0.2) is 24.3 Å². The average Bonchev–Trinajstić information content (AvgIpc) is 2.93. The number of ether oxygens (including phenoxy) is 2. The van der Waals surface area contributed by atoms with Crippen molar-refractivity contribution >= 4 is 5.91 Å². The van der Waals surface area contributed by atoms with E-state index < -0.39 is 0 Å². The summed E-state index contributed by atoms with van der Waals surface area (Å²) in [5.41, 5.74) is 2.23. The highest BCUT2D eigenvalue weighted by Crippen LogP contribution is 2.32. The molecular weight excluding hydrogens is 290 g/mol. The maximum atomic E-state index is 12.6. The van der Waals surface area contributed by atoms with Crippen molar-refractivity contribution in [1.29, 1.82) is 0 Å². The molecule has 4 heteroatoms. The number of fused-ring (bicyclic) bond motifs is 1. The standard InChI is InChI=1S/C19H27NO3/c1-3-22-13-16-6-4-15(5-7-16)11-19(21)20-9-8-18-17(12-20)10-14(2)23-18/h4-7,14,17-18H,3,8-13H2,1-2H3/t14-,17-,18-/m0/s1. The first-order chi connectivity index (χ1) is 11.2. The zero-order valence-electron chi connectivity index (χ0n) is 14.2. The van der Waals surface area contributed by atoms with Crippen molar-refractivity contribution < 1.29 is 14.3 Å². The minimum atomic E-state index is 0.237. The zero-order chi connectivity index (χ0) is 16.2. The molecule has 0 aromatic heterocycles. The quantitative estimate of drug-likeness (QED) is 0.838. The predicted octanol–water partition coefficient (Wildman–Crippen LogP) is 2.79. The van der Waals surface area contributed by atoms with E-state index in [-0.39, 0.29) is 5.91 Å². The summed E-state index contributed by atoms with van der Waals surface area (Å²) < 4.78 is 11.3. The van der Waals surface area contributed by atoms with Crippen LogP contribution in [0.25, 0.3) is 0 Å². The van der Waals surface area contributed by atoms with Crippen LogP contribution in [0.3, 0.4) is 0 Å². The maximum Gasteiger partial charge on any atom is 0.227 e. The van der Waals surface area contributed by atoms with Crippen molar-refractivity contribution in [1.82, 2.24) is 4.90 Å². The minimum Gasteiger partial charge on any atom is -0.377 e. The van der Waals surface area contributed by atoms with Gasteiger partial charge in [0.25, 0.3) is 0 Å². The molecule has 0 bridgehead atoms. The Hall–Kier alpha value is -1.39. The van der Waals surface area contributed by atoms with E-state index in [0.29, 0.717) is 31.2 Å². The highest BCUT2D eigenvalue weighted by molar-refractivity contribution is 5.78. The number of piperidine rings is 1. The van der Waals surface area contributed by atoms with Gasteiger partial charge in [-0.05, 0) is 37.8 Å². The molecule has 2 heterocycles. The largest absolute Gasteiger partial charge is 0.377 e. The first-order valence-electron chi connectivity index (χ1n) is 8.74. The van der Waals surface area contributed by atoms with Gasteiger partial charge in [0.15, 0.2) is 0 Å². The van der Waals surface area contributed by atoms with Crippen LogP contribution in [-0.2, 0) is 27.3 Å². The van der Waals surface area contributed by atoms with Crippen LogP contribution >= 0.6 is 0 Å². The van der Waals surface area contributed by atoms with Crippen molar-refractivity contribution in [3.8, 4) is 0 Å². The number of hydrogen-bond donors (Lipinski definition) is 0. The number of amides is 1. The van der Waals surface area contributed by atoms with Gasteiger partial charge < -0.3 is 14.4 Å². The molecule has 1 aromatic carbocycles. The lowest BCUT2D eigenvalue weighted by Crippen LogP contribution is -2.45. The summed E-state index contributed by atoms with van der Waals surface area (Å²) in [5, 5.41) is 0. The Bertz CT molecular complexity index is 528. The molecule has 1 aromatic rings. The molecule has 2 fully saturated rings. The summed E-state index contributed by atoms with van der Waals surface area (Å²) in [6.45, 7) is 7.17. The van der Waals surface area contributed by atoms with Gasteiger partial charge in [0.2, 0.25) is 5.91 Å². The smallest absolute Gasteiger partial charge is 0.227 e. The van der Waals surface area contributed by atoms with Crippen molar-refractivity contribution in [2.45, 2.75) is 51.9 Å². The molecule has 0 N–H and O–H groups in total. The SMILES string of the molecule is CCOCc1ccc(CC(=O)N2CC[C@@H]3O[C@@H](C)C[C@H]3C2)cc1. The lowest BCUT2D eigenvalue weighted by molar-refractivity contribution is -0.133. The predicted molar refractivity (Wildman–Crippen MR) is 89.1 cm³/mol. The molecule has 23 heavy (non-hydrogen) atoms. The number of rotatable bonds is 5. The molecule has 1 amide bonds. The molecule has 3 atom stereocenters. The molecule has 2 saturated heterocycles. The van der Waals surface area contributed by atoms with E-state index in [1.807, 2.05) is 24.0 Å². The second-order valence-corrected chi connectivity index (χ2v) is 6.74. The van der Waals surface area contributed by atoms with E-state index >= 15 is 0 Å². The highest BCUT2D eigenvalue weighted by Gasteiger charge is 2.38. The van der Waals surface area contributed by atoms with Gasteiger partial charge in [-0.1, -0.05) is 24.3 Å². The van der Waals surface area contributed by atoms with Gasteiger partial charge in [0, 0.05) is 25.6 Å². The molecule has 0 radical (unpaired) electrons. The molecule has 2 aliphatic heterocycles. The fourth-order valence-corrected chi connectivity index (χ4v) is 3.68. The first kappa shape index (κ1) is 16.5. The van der Waals surface area contributed by atoms with Crippen LogP contribution in [0.4, 0.5) is 0 Å². The van der Waals surface area contributed by atoms with E-state index in [0.717, 1.165) is 43.7 Å². The summed E-state index contributed by atoms with van der Waals surface area (Å²) in [4.78, 5) is 14.6. The molecule has 0 aliphatic carbocycles. The minimum absolute atomic E-state index is 0.237. The molecule has 126 valence electrons. The topological polar surface area (TPSA) is 38.8 Å². The Morgan fingerprint density at radius 2 is 2.04 bits per heavy atom. The fraction of sp³-hybridized carbons (Fsp3) is 0.632. The molecular formula is C19H27NO3. The number of hydrogen-bond acceptors (Lipinski definition) is 3. The van der Waals surface area contributed by atoms with Crippen LogP contribution in [-0.4, -0.2) is 42.7 Å². The molecule has 4 nitrogen and oxygen atoms in total. The molecule has 0 unspecified atom stereocenters. The van der Waals surface area contributed by atoms with E-state index in [2.05, 4.69) is 19.1 Å². The number of carbonyl (C=O) groups is 1. The van der Waals surface area contributed by atoms with E-state index in [9.17, 15) is 4.79 Å². The number of nitrogens with zero attached hydrogens (tertiary/aromatic N) is 1. The van der Waals surface area contributed by atoms with Gasteiger partial charge in [-0.25, -0.2) is 0 Å². The van der Waals surface area contributed by atoms with E-state index in [4.69, 9.17) is 9.47 Å². The second-order valence-electron chi connectivity index (χ2n) is 6.74. The Labute approximate surface area is 138 Å². The number of carbonyl (C=O) groups excluding carboxylic acids is 1. The van der Waals surface area contributed by atoms with Crippen molar-refractivity contribution in [3.05, 3.63) is 35.4 Å². The molecule has 0 spiro atoms. The van der Waals surface area contributed by atoms with Crippen molar-refractivity contribution in [2.75, 3.05) is 19.7 Å². The van der Waals surface area contributed by atoms with Gasteiger partial charge in [0.05, 0.1) is 25.2 Å². The third-order valence-electron chi connectivity index (χ3n) is 4.91.